The van der Waals surface area contributed by atoms with Gasteiger partial charge in [0.15, 0.2) is 0 Å². The first-order valence-corrected chi connectivity index (χ1v) is 6.08. The number of piperidine rings is 1. The second-order valence-corrected chi connectivity index (χ2v) is 4.90. The second kappa shape index (κ2) is 4.04. The summed E-state index contributed by atoms with van der Waals surface area (Å²) in [6.45, 7) is 2.25. The molecule has 0 amide bonds. The number of likely N-dealkylation sites (N-methyl/N-ethyl adjacent to an activating group) is 1. The summed E-state index contributed by atoms with van der Waals surface area (Å²) in [5.41, 5.74) is 0.966. The zero-order chi connectivity index (χ0) is 11.8. The van der Waals surface area contributed by atoms with Gasteiger partial charge in [-0.05, 0) is 32.5 Å². The molecule has 4 heteroatoms. The number of nitrogens with zero attached hydrogens (tertiary/aromatic N) is 3. The fourth-order valence-corrected chi connectivity index (χ4v) is 2.69. The predicted octanol–water partition coefficient (Wildman–Crippen LogP) is 1.85. The first-order chi connectivity index (χ1) is 8.24. The van der Waals surface area contributed by atoms with E-state index in [9.17, 15) is 5.11 Å². The van der Waals surface area contributed by atoms with Gasteiger partial charge in [0.1, 0.15) is 11.6 Å². The van der Waals surface area contributed by atoms with Crippen molar-refractivity contribution in [3.05, 3.63) is 30.4 Å². The lowest BCUT2D eigenvalue weighted by Gasteiger charge is -2.28. The summed E-state index contributed by atoms with van der Waals surface area (Å²) >= 11 is 0. The zero-order valence-corrected chi connectivity index (χ0v) is 10.0. The summed E-state index contributed by atoms with van der Waals surface area (Å²) < 4.78 is 2.09. The molecular weight excluding hydrogens is 214 g/mol. The van der Waals surface area contributed by atoms with Gasteiger partial charge in [0.2, 0.25) is 0 Å². The molecule has 2 aromatic rings. The molecule has 1 aliphatic heterocycles. The van der Waals surface area contributed by atoms with Crippen molar-refractivity contribution < 1.29 is 5.11 Å². The van der Waals surface area contributed by atoms with Crippen LogP contribution in [0.2, 0.25) is 0 Å². The van der Waals surface area contributed by atoms with E-state index in [0.29, 0.717) is 11.7 Å². The number of aromatic hydroxyl groups is 1. The van der Waals surface area contributed by atoms with Crippen molar-refractivity contribution in [2.24, 2.45) is 0 Å². The van der Waals surface area contributed by atoms with Crippen LogP contribution in [0.15, 0.2) is 24.5 Å². The number of likely N-dealkylation sites (tertiary alicyclic amines) is 1. The lowest BCUT2D eigenvalue weighted by molar-refractivity contribution is 0.245. The summed E-state index contributed by atoms with van der Waals surface area (Å²) in [5, 5.41) is 9.44. The Labute approximate surface area is 101 Å². The van der Waals surface area contributed by atoms with E-state index in [-0.39, 0.29) is 0 Å². The molecule has 0 spiro atoms. The van der Waals surface area contributed by atoms with Crippen molar-refractivity contribution in [2.45, 2.75) is 18.8 Å². The number of aromatic nitrogens is 2. The third kappa shape index (κ3) is 1.89. The van der Waals surface area contributed by atoms with Crippen LogP contribution in [0, 0.1) is 0 Å². The third-order valence-corrected chi connectivity index (χ3v) is 3.53. The minimum atomic E-state index is 0.296. The molecule has 1 saturated heterocycles. The van der Waals surface area contributed by atoms with E-state index < -0.39 is 0 Å². The van der Waals surface area contributed by atoms with Crippen LogP contribution in [0.3, 0.4) is 0 Å². The molecule has 1 unspecified atom stereocenters. The van der Waals surface area contributed by atoms with Crippen LogP contribution in [0.4, 0.5) is 0 Å². The molecule has 90 valence electrons. The monoisotopic (exact) mass is 231 g/mol. The molecule has 0 radical (unpaired) electrons. The van der Waals surface area contributed by atoms with Crippen molar-refractivity contribution >= 4 is 5.52 Å². The van der Waals surface area contributed by atoms with Crippen LogP contribution >= 0.6 is 0 Å². The molecule has 4 nitrogen and oxygen atoms in total. The molecule has 1 fully saturated rings. The smallest absolute Gasteiger partial charge is 0.119 e. The van der Waals surface area contributed by atoms with E-state index in [2.05, 4.69) is 21.3 Å². The van der Waals surface area contributed by atoms with Crippen molar-refractivity contribution in [3.8, 4) is 5.75 Å². The number of imidazole rings is 1. The lowest BCUT2D eigenvalue weighted by Crippen LogP contribution is -2.31. The largest absolute Gasteiger partial charge is 0.508 e. The molecule has 0 bridgehead atoms. The van der Waals surface area contributed by atoms with Gasteiger partial charge in [0.05, 0.1) is 11.7 Å². The number of rotatable bonds is 1. The minimum absolute atomic E-state index is 0.296. The van der Waals surface area contributed by atoms with Crippen LogP contribution in [0.5, 0.6) is 5.75 Å². The standard InChI is InChI=1S/C13H17N3O/c1-15-5-2-3-10(9-15)13-14-8-11-7-12(17)4-6-16(11)13/h4,6-8,10,17H,2-3,5,9H2,1H3. The molecule has 1 atom stereocenters. The van der Waals surface area contributed by atoms with Gasteiger partial charge >= 0.3 is 0 Å². The van der Waals surface area contributed by atoms with Crippen LogP contribution in [-0.2, 0) is 0 Å². The number of fused-ring (bicyclic) bond motifs is 1. The Bertz CT molecular complexity index is 534. The Kier molecular flexibility index (Phi) is 2.52. The molecule has 0 saturated carbocycles. The van der Waals surface area contributed by atoms with Crippen LogP contribution < -0.4 is 0 Å². The van der Waals surface area contributed by atoms with Gasteiger partial charge < -0.3 is 14.4 Å². The van der Waals surface area contributed by atoms with Gasteiger partial charge in [0, 0.05) is 24.7 Å². The van der Waals surface area contributed by atoms with Crippen molar-refractivity contribution in [1.29, 1.82) is 0 Å². The van der Waals surface area contributed by atoms with Crippen molar-refractivity contribution in [2.75, 3.05) is 20.1 Å². The van der Waals surface area contributed by atoms with Gasteiger partial charge in [-0.2, -0.15) is 0 Å². The average Bonchev–Trinajstić information content (AvgIpc) is 2.71. The normalized spacial score (nSPS) is 22.1. The first-order valence-electron chi connectivity index (χ1n) is 6.08. The fraction of sp³-hybridized carbons (Fsp3) is 0.462. The predicted molar refractivity (Wildman–Crippen MR) is 66.3 cm³/mol. The molecular formula is C13H17N3O. The van der Waals surface area contributed by atoms with E-state index in [1.807, 2.05) is 12.4 Å². The van der Waals surface area contributed by atoms with E-state index >= 15 is 0 Å². The minimum Gasteiger partial charge on any atom is -0.508 e. The van der Waals surface area contributed by atoms with Crippen LogP contribution in [0.1, 0.15) is 24.6 Å². The molecule has 0 aromatic carbocycles. The molecule has 0 aliphatic carbocycles. The van der Waals surface area contributed by atoms with Crippen molar-refractivity contribution in [1.82, 2.24) is 14.3 Å². The topological polar surface area (TPSA) is 40.8 Å². The fourth-order valence-electron chi connectivity index (χ4n) is 2.69. The van der Waals surface area contributed by atoms with Gasteiger partial charge in [-0.15, -0.1) is 0 Å². The van der Waals surface area contributed by atoms with E-state index in [0.717, 1.165) is 17.9 Å². The summed E-state index contributed by atoms with van der Waals surface area (Å²) in [6, 6.07) is 3.47. The zero-order valence-electron chi connectivity index (χ0n) is 10.0. The van der Waals surface area contributed by atoms with Gasteiger partial charge in [-0.25, -0.2) is 4.98 Å². The average molecular weight is 231 g/mol. The molecule has 2 aromatic heterocycles. The summed E-state index contributed by atoms with van der Waals surface area (Å²) in [7, 11) is 2.16. The quantitative estimate of drug-likeness (QED) is 0.814. The number of hydrogen-bond donors (Lipinski definition) is 1. The second-order valence-electron chi connectivity index (χ2n) is 4.90. The summed E-state index contributed by atoms with van der Waals surface area (Å²) in [5.74, 6) is 1.91. The highest BCUT2D eigenvalue weighted by molar-refractivity contribution is 5.50. The molecule has 1 N–H and O–H groups in total. The lowest BCUT2D eigenvalue weighted by atomic mass is 9.98. The van der Waals surface area contributed by atoms with Gasteiger partial charge in [0.25, 0.3) is 0 Å². The molecule has 3 rings (SSSR count). The summed E-state index contributed by atoms with van der Waals surface area (Å²) in [6.07, 6.45) is 6.17. The number of pyridine rings is 1. The maximum atomic E-state index is 9.44. The highest BCUT2D eigenvalue weighted by atomic mass is 16.3. The van der Waals surface area contributed by atoms with E-state index in [1.165, 1.54) is 19.4 Å². The Balaban J connectivity index is 1.99. The Hall–Kier alpha value is -1.55. The van der Waals surface area contributed by atoms with E-state index in [1.54, 1.807) is 12.1 Å². The highest BCUT2D eigenvalue weighted by Crippen LogP contribution is 2.26. The third-order valence-electron chi connectivity index (χ3n) is 3.53. The van der Waals surface area contributed by atoms with E-state index in [4.69, 9.17) is 0 Å². The molecule has 17 heavy (non-hydrogen) atoms. The maximum absolute atomic E-state index is 9.44. The first kappa shape index (κ1) is 10.6. The van der Waals surface area contributed by atoms with Crippen LogP contribution in [-0.4, -0.2) is 39.5 Å². The molecule has 1 aliphatic rings. The number of hydrogen-bond acceptors (Lipinski definition) is 3. The SMILES string of the molecule is CN1CCCC(c2ncc3cc(O)ccn23)C1. The Morgan fingerprint density at radius 1 is 1.47 bits per heavy atom. The van der Waals surface area contributed by atoms with Crippen molar-refractivity contribution in [3.63, 3.8) is 0 Å². The highest BCUT2D eigenvalue weighted by Gasteiger charge is 2.22. The van der Waals surface area contributed by atoms with Gasteiger partial charge in [-0.3, -0.25) is 0 Å². The summed E-state index contributed by atoms with van der Waals surface area (Å²) in [4.78, 5) is 6.88. The Morgan fingerprint density at radius 2 is 2.35 bits per heavy atom. The van der Waals surface area contributed by atoms with Crippen LogP contribution in [0.25, 0.3) is 5.52 Å². The Morgan fingerprint density at radius 3 is 3.18 bits per heavy atom. The molecule has 3 heterocycles. The van der Waals surface area contributed by atoms with Gasteiger partial charge in [-0.1, -0.05) is 0 Å². The maximum Gasteiger partial charge on any atom is 0.119 e.